The zero-order valence-corrected chi connectivity index (χ0v) is 15.0. The van der Waals surface area contributed by atoms with E-state index in [4.69, 9.17) is 4.42 Å². The second-order valence-corrected chi connectivity index (χ2v) is 6.80. The largest absolute Gasteiger partial charge is 0.411 e. The molecule has 0 spiro atoms. The van der Waals surface area contributed by atoms with Crippen LogP contribution in [0.15, 0.2) is 94.8 Å². The summed E-state index contributed by atoms with van der Waals surface area (Å²) in [4.78, 5) is 17.1. The minimum Gasteiger partial charge on any atom is -0.411 e. The molecule has 0 aliphatic rings. The molecule has 0 unspecified atom stereocenters. The molecule has 2 aromatic heterocycles. The Kier molecular flexibility index (Phi) is 5.07. The van der Waals surface area contributed by atoms with Gasteiger partial charge in [-0.15, -0.1) is 10.2 Å². The second-order valence-electron chi connectivity index (χ2n) is 5.75. The van der Waals surface area contributed by atoms with Gasteiger partial charge in [-0.05, 0) is 29.5 Å². The van der Waals surface area contributed by atoms with Crippen molar-refractivity contribution >= 4 is 17.5 Å². The van der Waals surface area contributed by atoms with Gasteiger partial charge >= 0.3 is 0 Å². The fourth-order valence-electron chi connectivity index (χ4n) is 2.62. The molecule has 0 aliphatic carbocycles. The standard InChI is InChI=1S/C21H15N3O2S/c25-18(15-7-3-1-4-8-15)19(16-9-5-2-6-10-16)27-21-24-23-20(26-21)17-11-13-22-14-12-17/h1-14,19H/t19-/m1/s1. The molecule has 27 heavy (non-hydrogen) atoms. The first-order chi connectivity index (χ1) is 13.3. The Labute approximate surface area is 160 Å². The molecule has 2 aromatic carbocycles. The van der Waals surface area contributed by atoms with Crippen LogP contribution >= 0.6 is 11.8 Å². The Hall–Kier alpha value is -3.25. The van der Waals surface area contributed by atoms with Crippen molar-refractivity contribution in [3.63, 3.8) is 0 Å². The molecule has 0 saturated carbocycles. The third kappa shape index (κ3) is 3.96. The number of thioether (sulfide) groups is 1. The predicted molar refractivity (Wildman–Crippen MR) is 103 cm³/mol. The zero-order chi connectivity index (χ0) is 18.5. The predicted octanol–water partition coefficient (Wildman–Crippen LogP) is 4.85. The van der Waals surface area contributed by atoms with Gasteiger partial charge in [0, 0.05) is 23.5 Å². The molecule has 0 aliphatic heterocycles. The van der Waals surface area contributed by atoms with Crippen LogP contribution in [0.3, 0.4) is 0 Å². The molecule has 4 aromatic rings. The minimum absolute atomic E-state index is 0.00420. The van der Waals surface area contributed by atoms with Gasteiger partial charge in [0.15, 0.2) is 5.78 Å². The Bertz CT molecular complexity index is 1020. The van der Waals surface area contributed by atoms with E-state index >= 15 is 0 Å². The normalized spacial score (nSPS) is 11.9. The highest BCUT2D eigenvalue weighted by Crippen LogP contribution is 2.37. The maximum atomic E-state index is 13.1. The lowest BCUT2D eigenvalue weighted by Crippen LogP contribution is -2.10. The van der Waals surface area contributed by atoms with Crippen molar-refractivity contribution in [1.82, 2.24) is 15.2 Å². The molecule has 2 heterocycles. The van der Waals surface area contributed by atoms with Crippen LogP contribution in [0.4, 0.5) is 0 Å². The van der Waals surface area contributed by atoms with E-state index in [1.54, 1.807) is 24.5 Å². The highest BCUT2D eigenvalue weighted by Gasteiger charge is 2.26. The van der Waals surface area contributed by atoms with Crippen LogP contribution in [-0.2, 0) is 0 Å². The molecule has 0 N–H and O–H groups in total. The lowest BCUT2D eigenvalue weighted by molar-refractivity contribution is 0.0989. The number of hydrogen-bond acceptors (Lipinski definition) is 6. The number of hydrogen-bond donors (Lipinski definition) is 0. The van der Waals surface area contributed by atoms with Crippen LogP contribution < -0.4 is 0 Å². The molecule has 0 radical (unpaired) electrons. The zero-order valence-electron chi connectivity index (χ0n) is 14.2. The van der Waals surface area contributed by atoms with E-state index in [-0.39, 0.29) is 5.78 Å². The Morgan fingerprint density at radius 1 is 0.852 bits per heavy atom. The van der Waals surface area contributed by atoms with Gasteiger partial charge in [-0.2, -0.15) is 0 Å². The number of nitrogens with zero attached hydrogens (tertiary/aromatic N) is 3. The van der Waals surface area contributed by atoms with Gasteiger partial charge < -0.3 is 4.42 Å². The fraction of sp³-hybridized carbons (Fsp3) is 0.0476. The maximum Gasteiger partial charge on any atom is 0.277 e. The van der Waals surface area contributed by atoms with Crippen LogP contribution in [-0.4, -0.2) is 21.0 Å². The molecule has 0 fully saturated rings. The van der Waals surface area contributed by atoms with E-state index in [1.807, 2.05) is 60.7 Å². The molecule has 6 heteroatoms. The van der Waals surface area contributed by atoms with E-state index in [2.05, 4.69) is 15.2 Å². The Balaban J connectivity index is 1.64. The fourth-order valence-corrected chi connectivity index (χ4v) is 3.58. The summed E-state index contributed by atoms with van der Waals surface area (Å²) in [6, 6.07) is 22.4. The average Bonchev–Trinajstić information content (AvgIpc) is 3.22. The molecule has 0 saturated heterocycles. The topological polar surface area (TPSA) is 68.9 Å². The smallest absolute Gasteiger partial charge is 0.277 e. The van der Waals surface area contributed by atoms with Gasteiger partial charge in [-0.3, -0.25) is 9.78 Å². The SMILES string of the molecule is O=C(c1ccccc1)[C@H](Sc1nnc(-c2ccncc2)o1)c1ccccc1. The van der Waals surface area contributed by atoms with Gasteiger partial charge in [0.25, 0.3) is 5.22 Å². The van der Waals surface area contributed by atoms with Crippen molar-refractivity contribution in [3.05, 3.63) is 96.3 Å². The third-order valence-corrected chi connectivity index (χ3v) is 5.04. The van der Waals surface area contributed by atoms with Gasteiger partial charge in [0.1, 0.15) is 5.25 Å². The number of Topliss-reactive ketones (excluding diaryl/α,β-unsaturated/α-hetero) is 1. The van der Waals surface area contributed by atoms with Gasteiger partial charge in [-0.1, -0.05) is 60.7 Å². The van der Waals surface area contributed by atoms with Crippen molar-refractivity contribution in [2.24, 2.45) is 0 Å². The number of pyridine rings is 1. The highest BCUT2D eigenvalue weighted by molar-refractivity contribution is 8.00. The molecule has 5 nitrogen and oxygen atoms in total. The van der Waals surface area contributed by atoms with Crippen molar-refractivity contribution < 1.29 is 9.21 Å². The number of rotatable bonds is 6. The monoisotopic (exact) mass is 373 g/mol. The average molecular weight is 373 g/mol. The second kappa shape index (κ2) is 7.97. The van der Waals surface area contributed by atoms with Crippen LogP contribution in [0.25, 0.3) is 11.5 Å². The van der Waals surface area contributed by atoms with E-state index in [9.17, 15) is 4.79 Å². The first-order valence-corrected chi connectivity index (χ1v) is 9.24. The number of carbonyl (C=O) groups excluding carboxylic acids is 1. The minimum atomic E-state index is -0.473. The molecule has 132 valence electrons. The maximum absolute atomic E-state index is 13.1. The van der Waals surface area contributed by atoms with Crippen molar-refractivity contribution in [1.29, 1.82) is 0 Å². The molecular weight excluding hydrogens is 358 g/mol. The molecule has 0 bridgehead atoms. The van der Waals surface area contributed by atoms with Crippen molar-refractivity contribution in [2.45, 2.75) is 10.5 Å². The van der Waals surface area contributed by atoms with Crippen molar-refractivity contribution in [2.75, 3.05) is 0 Å². The quantitative estimate of drug-likeness (QED) is 0.355. The van der Waals surface area contributed by atoms with E-state index in [0.29, 0.717) is 16.7 Å². The van der Waals surface area contributed by atoms with Gasteiger partial charge in [-0.25, -0.2) is 0 Å². The lowest BCUT2D eigenvalue weighted by atomic mass is 10.0. The van der Waals surface area contributed by atoms with E-state index in [0.717, 1.165) is 11.1 Å². The number of benzene rings is 2. The molecular formula is C21H15N3O2S. The number of ketones is 1. The lowest BCUT2D eigenvalue weighted by Gasteiger charge is -2.14. The molecule has 0 amide bonds. The first-order valence-electron chi connectivity index (χ1n) is 8.36. The van der Waals surface area contributed by atoms with Crippen LogP contribution in [0.2, 0.25) is 0 Å². The van der Waals surface area contributed by atoms with Gasteiger partial charge in [0.05, 0.1) is 0 Å². The van der Waals surface area contributed by atoms with Crippen LogP contribution in [0, 0.1) is 0 Å². The summed E-state index contributed by atoms with van der Waals surface area (Å²) in [6.07, 6.45) is 3.33. The number of carbonyl (C=O) groups is 1. The molecule has 4 rings (SSSR count). The van der Waals surface area contributed by atoms with Crippen LogP contribution in [0.5, 0.6) is 0 Å². The molecule has 1 atom stereocenters. The summed E-state index contributed by atoms with van der Waals surface area (Å²) < 4.78 is 5.77. The van der Waals surface area contributed by atoms with E-state index < -0.39 is 5.25 Å². The summed E-state index contributed by atoms with van der Waals surface area (Å²) in [7, 11) is 0. The Morgan fingerprint density at radius 2 is 1.52 bits per heavy atom. The summed E-state index contributed by atoms with van der Waals surface area (Å²) in [5, 5.41) is 8.07. The van der Waals surface area contributed by atoms with Gasteiger partial charge in [0.2, 0.25) is 5.89 Å². The number of aromatic nitrogens is 3. The summed E-state index contributed by atoms with van der Waals surface area (Å²) in [6.45, 7) is 0. The summed E-state index contributed by atoms with van der Waals surface area (Å²) >= 11 is 1.25. The Morgan fingerprint density at radius 3 is 2.22 bits per heavy atom. The first kappa shape index (κ1) is 17.2. The highest BCUT2D eigenvalue weighted by atomic mass is 32.2. The summed E-state index contributed by atoms with van der Waals surface area (Å²) in [5.74, 6) is 0.398. The van der Waals surface area contributed by atoms with E-state index in [1.165, 1.54) is 11.8 Å². The summed E-state index contributed by atoms with van der Waals surface area (Å²) in [5.41, 5.74) is 2.32. The van der Waals surface area contributed by atoms with Crippen molar-refractivity contribution in [3.8, 4) is 11.5 Å². The van der Waals surface area contributed by atoms with Crippen LogP contribution in [0.1, 0.15) is 21.2 Å². The third-order valence-electron chi connectivity index (χ3n) is 3.95.